The van der Waals surface area contributed by atoms with Gasteiger partial charge < -0.3 is 4.90 Å². The van der Waals surface area contributed by atoms with Crippen LogP contribution in [0.3, 0.4) is 0 Å². The lowest BCUT2D eigenvalue weighted by atomic mass is 10.4. The predicted molar refractivity (Wildman–Crippen MR) is 56.5 cm³/mol. The van der Waals surface area contributed by atoms with E-state index in [9.17, 15) is 0 Å². The average Bonchev–Trinajstić information content (AvgIpc) is 2.66. The second-order valence-corrected chi connectivity index (χ2v) is 3.12. The maximum Gasteiger partial charge on any atom is 0.155 e. The van der Waals surface area contributed by atoms with Crippen molar-refractivity contribution in [2.24, 2.45) is 0 Å². The minimum atomic E-state index is 0.890. The van der Waals surface area contributed by atoms with Crippen molar-refractivity contribution in [3.05, 3.63) is 24.7 Å². The van der Waals surface area contributed by atoms with Gasteiger partial charge in [0.25, 0.3) is 0 Å². The summed E-state index contributed by atoms with van der Waals surface area (Å²) in [5.74, 6) is 0. The van der Waals surface area contributed by atoms with Gasteiger partial charge in [0.05, 0.1) is 24.3 Å². The van der Waals surface area contributed by atoms with Crippen molar-refractivity contribution in [2.75, 3.05) is 18.0 Å². The van der Waals surface area contributed by atoms with Crippen LogP contribution < -0.4 is 4.90 Å². The monoisotopic (exact) mass is 190 g/mol. The van der Waals surface area contributed by atoms with Crippen LogP contribution in [0.25, 0.3) is 5.65 Å². The smallest absolute Gasteiger partial charge is 0.155 e. The second kappa shape index (κ2) is 3.65. The highest BCUT2D eigenvalue weighted by atomic mass is 15.3. The maximum atomic E-state index is 4.32. The Bertz CT molecular complexity index is 417. The normalized spacial score (nSPS) is 10.7. The zero-order valence-electron chi connectivity index (χ0n) is 8.51. The molecule has 14 heavy (non-hydrogen) atoms. The van der Waals surface area contributed by atoms with Gasteiger partial charge in [0, 0.05) is 19.2 Å². The van der Waals surface area contributed by atoms with Crippen LogP contribution in [0.2, 0.25) is 0 Å². The van der Waals surface area contributed by atoms with E-state index in [-0.39, 0.29) is 0 Å². The Morgan fingerprint density at radius 3 is 2.86 bits per heavy atom. The summed E-state index contributed by atoms with van der Waals surface area (Å²) >= 11 is 0. The first-order chi connectivity index (χ1) is 6.85. The Morgan fingerprint density at radius 2 is 2.14 bits per heavy atom. The van der Waals surface area contributed by atoms with E-state index < -0.39 is 0 Å². The van der Waals surface area contributed by atoms with Crippen LogP contribution in [0.4, 0.5) is 5.69 Å². The molecule has 0 bridgehead atoms. The topological polar surface area (TPSA) is 33.4 Å². The lowest BCUT2D eigenvalue weighted by Gasteiger charge is -2.20. The van der Waals surface area contributed by atoms with Crippen LogP contribution in [-0.4, -0.2) is 27.7 Å². The average molecular weight is 190 g/mol. The molecule has 2 aromatic rings. The van der Waals surface area contributed by atoms with Gasteiger partial charge in [0.2, 0.25) is 0 Å². The molecular weight excluding hydrogens is 176 g/mol. The van der Waals surface area contributed by atoms with Crippen molar-refractivity contribution in [3.63, 3.8) is 0 Å². The summed E-state index contributed by atoms with van der Waals surface area (Å²) in [6.07, 6.45) is 5.66. The first-order valence-electron chi connectivity index (χ1n) is 4.89. The standard InChI is InChI=1S/C10H14N4/c1-3-13(4-2)9-7-11-10-5-6-12-14(10)8-9/h5-8H,3-4H2,1-2H3. The molecule has 0 saturated carbocycles. The molecule has 0 atom stereocenters. The van der Waals surface area contributed by atoms with Gasteiger partial charge in [-0.1, -0.05) is 0 Å². The molecule has 0 radical (unpaired) electrons. The summed E-state index contributed by atoms with van der Waals surface area (Å²) in [5, 5.41) is 4.16. The van der Waals surface area contributed by atoms with Crippen molar-refractivity contribution in [3.8, 4) is 0 Å². The van der Waals surface area contributed by atoms with E-state index in [1.54, 1.807) is 10.7 Å². The van der Waals surface area contributed by atoms with Gasteiger partial charge in [-0.2, -0.15) is 5.10 Å². The number of nitrogens with zero attached hydrogens (tertiary/aromatic N) is 4. The van der Waals surface area contributed by atoms with Gasteiger partial charge in [-0.15, -0.1) is 0 Å². The molecule has 0 N–H and O–H groups in total. The van der Waals surface area contributed by atoms with Crippen LogP contribution in [0.5, 0.6) is 0 Å². The first-order valence-corrected chi connectivity index (χ1v) is 4.89. The Hall–Kier alpha value is -1.58. The SMILES string of the molecule is CCN(CC)c1cnc2ccnn2c1. The lowest BCUT2D eigenvalue weighted by Crippen LogP contribution is -2.22. The Labute approximate surface area is 83.2 Å². The highest BCUT2D eigenvalue weighted by Gasteiger charge is 2.03. The molecule has 0 aliphatic carbocycles. The number of aromatic nitrogens is 3. The first kappa shape index (κ1) is 8.99. The van der Waals surface area contributed by atoms with Crippen LogP contribution in [0.15, 0.2) is 24.7 Å². The summed E-state index contributed by atoms with van der Waals surface area (Å²) < 4.78 is 1.80. The predicted octanol–water partition coefficient (Wildman–Crippen LogP) is 1.58. The summed E-state index contributed by atoms with van der Waals surface area (Å²) in [5.41, 5.74) is 2.01. The zero-order valence-corrected chi connectivity index (χ0v) is 8.51. The molecule has 0 spiro atoms. The summed E-state index contributed by atoms with van der Waals surface area (Å²) in [6, 6.07) is 1.89. The van der Waals surface area contributed by atoms with Gasteiger partial charge in [-0.25, -0.2) is 9.50 Å². The number of rotatable bonds is 3. The fraction of sp³-hybridized carbons (Fsp3) is 0.400. The number of anilines is 1. The van der Waals surface area contributed by atoms with E-state index in [4.69, 9.17) is 0 Å². The zero-order chi connectivity index (χ0) is 9.97. The molecular formula is C10H14N4. The van der Waals surface area contributed by atoms with Crippen molar-refractivity contribution in [1.29, 1.82) is 0 Å². The van der Waals surface area contributed by atoms with Crippen LogP contribution in [-0.2, 0) is 0 Å². The van der Waals surface area contributed by atoms with Gasteiger partial charge in [0.15, 0.2) is 5.65 Å². The Kier molecular flexibility index (Phi) is 2.35. The molecule has 0 aromatic carbocycles. The highest BCUT2D eigenvalue weighted by molar-refractivity contribution is 5.47. The maximum absolute atomic E-state index is 4.32. The number of hydrogen-bond donors (Lipinski definition) is 0. The van der Waals surface area contributed by atoms with Crippen LogP contribution >= 0.6 is 0 Å². The van der Waals surface area contributed by atoms with E-state index in [1.165, 1.54) is 0 Å². The molecule has 2 aromatic heterocycles. The van der Waals surface area contributed by atoms with Gasteiger partial charge >= 0.3 is 0 Å². The van der Waals surface area contributed by atoms with Gasteiger partial charge in [-0.05, 0) is 13.8 Å². The minimum absolute atomic E-state index is 0.890. The number of hydrogen-bond acceptors (Lipinski definition) is 3. The molecule has 0 aliphatic rings. The van der Waals surface area contributed by atoms with Crippen molar-refractivity contribution in [2.45, 2.75) is 13.8 Å². The molecule has 0 unspecified atom stereocenters. The third-order valence-electron chi connectivity index (χ3n) is 2.36. The summed E-state index contributed by atoms with van der Waals surface area (Å²) in [7, 11) is 0. The lowest BCUT2D eigenvalue weighted by molar-refractivity contribution is 0.842. The van der Waals surface area contributed by atoms with Gasteiger partial charge in [0.1, 0.15) is 0 Å². The molecule has 0 saturated heterocycles. The Morgan fingerprint density at radius 1 is 1.36 bits per heavy atom. The third kappa shape index (κ3) is 1.43. The number of fused-ring (bicyclic) bond motifs is 1. The van der Waals surface area contributed by atoms with Gasteiger partial charge in [-0.3, -0.25) is 0 Å². The third-order valence-corrected chi connectivity index (χ3v) is 2.36. The molecule has 2 rings (SSSR count). The van der Waals surface area contributed by atoms with E-state index in [1.807, 2.05) is 18.5 Å². The largest absolute Gasteiger partial charge is 0.370 e. The molecule has 4 nitrogen and oxygen atoms in total. The summed E-state index contributed by atoms with van der Waals surface area (Å²) in [6.45, 7) is 6.25. The fourth-order valence-corrected chi connectivity index (χ4v) is 1.55. The molecule has 0 aliphatic heterocycles. The van der Waals surface area contributed by atoms with E-state index in [0.29, 0.717) is 0 Å². The Balaban J connectivity index is 2.42. The highest BCUT2D eigenvalue weighted by Crippen LogP contribution is 2.12. The molecule has 74 valence electrons. The quantitative estimate of drug-likeness (QED) is 0.736. The minimum Gasteiger partial charge on any atom is -0.370 e. The van der Waals surface area contributed by atoms with E-state index in [0.717, 1.165) is 24.4 Å². The van der Waals surface area contributed by atoms with Crippen LogP contribution in [0.1, 0.15) is 13.8 Å². The second-order valence-electron chi connectivity index (χ2n) is 3.12. The summed E-state index contributed by atoms with van der Waals surface area (Å²) in [4.78, 5) is 6.56. The van der Waals surface area contributed by atoms with Crippen LogP contribution in [0, 0.1) is 0 Å². The molecule has 2 heterocycles. The molecule has 0 fully saturated rings. The van der Waals surface area contributed by atoms with Crippen molar-refractivity contribution < 1.29 is 0 Å². The molecule has 0 amide bonds. The van der Waals surface area contributed by atoms with Crippen molar-refractivity contribution >= 4 is 11.3 Å². The fourth-order valence-electron chi connectivity index (χ4n) is 1.55. The molecule has 4 heteroatoms. The van der Waals surface area contributed by atoms with Crippen molar-refractivity contribution in [1.82, 2.24) is 14.6 Å². The van der Waals surface area contributed by atoms with E-state index in [2.05, 4.69) is 28.8 Å². The van der Waals surface area contributed by atoms with E-state index >= 15 is 0 Å².